The molecule has 0 aliphatic carbocycles. The lowest BCUT2D eigenvalue weighted by Crippen LogP contribution is -2.42. The lowest BCUT2D eigenvalue weighted by atomic mass is 10.0. The van der Waals surface area contributed by atoms with Gasteiger partial charge in [0.15, 0.2) is 0 Å². The summed E-state index contributed by atoms with van der Waals surface area (Å²) in [5.41, 5.74) is 0.489. The van der Waals surface area contributed by atoms with Crippen LogP contribution in [0.5, 0.6) is 5.75 Å². The number of thioether (sulfide) groups is 1. The number of methoxy groups -OCH3 is 2. The summed E-state index contributed by atoms with van der Waals surface area (Å²) in [4.78, 5) is 25.0. The van der Waals surface area contributed by atoms with Crippen LogP contribution in [0.15, 0.2) is 23.1 Å². The van der Waals surface area contributed by atoms with Gasteiger partial charge in [0.25, 0.3) is 5.91 Å². The quantitative estimate of drug-likeness (QED) is 0.617. The third-order valence-corrected chi connectivity index (χ3v) is 3.90. The molecule has 0 bridgehead atoms. The van der Waals surface area contributed by atoms with E-state index in [-0.39, 0.29) is 11.8 Å². The van der Waals surface area contributed by atoms with Crippen LogP contribution in [0.2, 0.25) is 0 Å². The maximum atomic E-state index is 12.4. The topological polar surface area (TPSA) is 64.6 Å². The van der Waals surface area contributed by atoms with E-state index in [1.54, 1.807) is 25.3 Å². The molecule has 22 heavy (non-hydrogen) atoms. The van der Waals surface area contributed by atoms with Crippen molar-refractivity contribution in [2.45, 2.75) is 31.2 Å². The largest absolute Gasteiger partial charge is 0.496 e. The van der Waals surface area contributed by atoms with Crippen LogP contribution < -0.4 is 10.1 Å². The fourth-order valence-electron chi connectivity index (χ4n) is 2.05. The fraction of sp³-hybridized carbons (Fsp3) is 0.500. The van der Waals surface area contributed by atoms with Crippen LogP contribution in [-0.4, -0.2) is 38.4 Å². The Hall–Kier alpha value is -1.69. The first-order valence-corrected chi connectivity index (χ1v) is 8.26. The summed E-state index contributed by atoms with van der Waals surface area (Å²) < 4.78 is 9.99. The van der Waals surface area contributed by atoms with E-state index in [9.17, 15) is 9.59 Å². The van der Waals surface area contributed by atoms with Crippen molar-refractivity contribution in [1.29, 1.82) is 0 Å². The minimum absolute atomic E-state index is 0.266. The summed E-state index contributed by atoms with van der Waals surface area (Å²) in [6, 6.07) is 4.54. The molecule has 1 amide bonds. The Bertz CT molecular complexity index is 531. The molecule has 1 N–H and O–H groups in total. The molecule has 0 aromatic heterocycles. The molecule has 0 fully saturated rings. The molecular formula is C16H23NO4S. The molecule has 6 heteroatoms. The molecule has 1 atom stereocenters. The molecule has 1 rings (SSSR count). The van der Waals surface area contributed by atoms with E-state index >= 15 is 0 Å². The molecule has 0 aliphatic rings. The lowest BCUT2D eigenvalue weighted by Gasteiger charge is -2.18. The van der Waals surface area contributed by atoms with E-state index < -0.39 is 12.0 Å². The van der Waals surface area contributed by atoms with Crippen molar-refractivity contribution in [1.82, 2.24) is 5.32 Å². The highest BCUT2D eigenvalue weighted by atomic mass is 32.2. The Labute approximate surface area is 135 Å². The van der Waals surface area contributed by atoms with Crippen molar-refractivity contribution in [3.8, 4) is 5.75 Å². The second kappa shape index (κ2) is 8.68. The zero-order chi connectivity index (χ0) is 16.7. The van der Waals surface area contributed by atoms with Crippen LogP contribution in [0.1, 0.15) is 30.6 Å². The van der Waals surface area contributed by atoms with Gasteiger partial charge in [-0.05, 0) is 36.8 Å². The highest BCUT2D eigenvalue weighted by Crippen LogP contribution is 2.28. The number of hydrogen-bond acceptors (Lipinski definition) is 5. The van der Waals surface area contributed by atoms with Crippen LogP contribution in [0.4, 0.5) is 0 Å². The maximum absolute atomic E-state index is 12.4. The number of ether oxygens (including phenoxy) is 2. The van der Waals surface area contributed by atoms with Gasteiger partial charge < -0.3 is 14.8 Å². The average molecular weight is 325 g/mol. The summed E-state index contributed by atoms with van der Waals surface area (Å²) in [5.74, 6) is 0.257. The number of hydrogen-bond donors (Lipinski definition) is 1. The van der Waals surface area contributed by atoms with E-state index in [1.807, 2.05) is 20.1 Å². The van der Waals surface area contributed by atoms with Crippen molar-refractivity contribution >= 4 is 23.6 Å². The Kier molecular flexibility index (Phi) is 7.24. The number of rotatable bonds is 7. The first-order chi connectivity index (χ1) is 10.4. The van der Waals surface area contributed by atoms with Crippen molar-refractivity contribution in [2.75, 3.05) is 20.5 Å². The van der Waals surface area contributed by atoms with Gasteiger partial charge in [0.1, 0.15) is 11.8 Å². The summed E-state index contributed by atoms with van der Waals surface area (Å²) in [6.07, 6.45) is 2.44. The van der Waals surface area contributed by atoms with Crippen LogP contribution in [0, 0.1) is 5.92 Å². The summed E-state index contributed by atoms with van der Waals surface area (Å²) >= 11 is 1.50. The Morgan fingerprint density at radius 3 is 2.45 bits per heavy atom. The number of amides is 1. The standard InChI is InChI=1S/C16H23NO4S/c1-10(2)8-12(16(19)21-4)17-15(18)11-6-7-13(20-3)14(9-11)22-5/h6-7,9-10,12H,8H2,1-5H3,(H,17,18)/t12-/m1/s1. The maximum Gasteiger partial charge on any atom is 0.328 e. The third-order valence-electron chi connectivity index (χ3n) is 3.14. The zero-order valence-electron chi connectivity index (χ0n) is 13.6. The summed E-state index contributed by atoms with van der Waals surface area (Å²) in [5, 5.41) is 2.74. The van der Waals surface area contributed by atoms with Gasteiger partial charge in [0.2, 0.25) is 0 Å². The first-order valence-electron chi connectivity index (χ1n) is 7.03. The van der Waals surface area contributed by atoms with Gasteiger partial charge >= 0.3 is 5.97 Å². The SMILES string of the molecule is COC(=O)[C@@H](CC(C)C)NC(=O)c1ccc(OC)c(SC)c1. The van der Waals surface area contributed by atoms with Gasteiger partial charge in [-0.25, -0.2) is 4.79 Å². The molecule has 0 radical (unpaired) electrons. The minimum Gasteiger partial charge on any atom is -0.496 e. The van der Waals surface area contributed by atoms with Gasteiger partial charge in [-0.15, -0.1) is 11.8 Å². The second-order valence-corrected chi connectivity index (χ2v) is 6.10. The van der Waals surface area contributed by atoms with Crippen molar-refractivity contribution in [3.63, 3.8) is 0 Å². The number of esters is 1. The van der Waals surface area contributed by atoms with Gasteiger partial charge in [0, 0.05) is 10.5 Å². The number of carbonyl (C=O) groups excluding carboxylic acids is 2. The van der Waals surface area contributed by atoms with Gasteiger partial charge in [0.05, 0.1) is 14.2 Å². The number of benzene rings is 1. The predicted molar refractivity (Wildman–Crippen MR) is 87.5 cm³/mol. The molecule has 0 saturated heterocycles. The van der Waals surface area contributed by atoms with Crippen LogP contribution in [-0.2, 0) is 9.53 Å². The van der Waals surface area contributed by atoms with E-state index in [0.717, 1.165) is 10.6 Å². The first kappa shape index (κ1) is 18.4. The van der Waals surface area contributed by atoms with Crippen molar-refractivity contribution in [2.24, 2.45) is 5.92 Å². The Morgan fingerprint density at radius 1 is 1.27 bits per heavy atom. The van der Waals surface area contributed by atoms with E-state index in [0.29, 0.717) is 12.0 Å². The molecule has 5 nitrogen and oxygen atoms in total. The molecule has 1 aromatic rings. The molecule has 0 saturated carbocycles. The van der Waals surface area contributed by atoms with Crippen molar-refractivity contribution in [3.05, 3.63) is 23.8 Å². The Balaban J connectivity index is 2.92. The molecule has 0 spiro atoms. The number of carbonyl (C=O) groups is 2. The molecule has 0 aliphatic heterocycles. The number of nitrogens with one attached hydrogen (secondary N) is 1. The van der Waals surface area contributed by atoms with E-state index in [2.05, 4.69) is 5.32 Å². The second-order valence-electron chi connectivity index (χ2n) is 5.25. The fourth-order valence-corrected chi connectivity index (χ4v) is 2.64. The minimum atomic E-state index is -0.641. The summed E-state index contributed by atoms with van der Waals surface area (Å²) in [7, 11) is 2.91. The smallest absolute Gasteiger partial charge is 0.328 e. The zero-order valence-corrected chi connectivity index (χ0v) is 14.5. The highest BCUT2D eigenvalue weighted by Gasteiger charge is 2.23. The van der Waals surface area contributed by atoms with Crippen LogP contribution in [0.3, 0.4) is 0 Å². The molecule has 0 heterocycles. The van der Waals surface area contributed by atoms with Crippen LogP contribution in [0.25, 0.3) is 0 Å². The molecule has 1 aromatic carbocycles. The van der Waals surface area contributed by atoms with Crippen molar-refractivity contribution < 1.29 is 19.1 Å². The summed E-state index contributed by atoms with van der Waals surface area (Å²) in [6.45, 7) is 3.97. The Morgan fingerprint density at radius 2 is 1.95 bits per heavy atom. The van der Waals surface area contributed by atoms with Gasteiger partial charge in [-0.2, -0.15) is 0 Å². The van der Waals surface area contributed by atoms with Gasteiger partial charge in [-0.1, -0.05) is 13.8 Å². The third kappa shape index (κ3) is 4.94. The normalized spacial score (nSPS) is 11.9. The molecule has 122 valence electrons. The van der Waals surface area contributed by atoms with E-state index in [4.69, 9.17) is 9.47 Å². The monoisotopic (exact) mass is 325 g/mol. The van der Waals surface area contributed by atoms with Gasteiger partial charge in [-0.3, -0.25) is 4.79 Å². The lowest BCUT2D eigenvalue weighted by molar-refractivity contribution is -0.143. The van der Waals surface area contributed by atoms with E-state index in [1.165, 1.54) is 18.9 Å². The highest BCUT2D eigenvalue weighted by molar-refractivity contribution is 7.98. The molecular weight excluding hydrogens is 302 g/mol. The van der Waals surface area contributed by atoms with Crippen LogP contribution >= 0.6 is 11.8 Å². The average Bonchev–Trinajstić information content (AvgIpc) is 2.52. The molecule has 0 unspecified atom stereocenters. The predicted octanol–water partition coefficient (Wildman–Crippen LogP) is 2.73.